The van der Waals surface area contributed by atoms with Gasteiger partial charge in [-0.2, -0.15) is 5.10 Å². The van der Waals surface area contributed by atoms with Crippen LogP contribution in [0.15, 0.2) is 0 Å². The SMILES string of the molecule is CCC1CCCC(NC(=O)c2n[nH]c3c2CNCC3)C1.Cl. The summed E-state index contributed by atoms with van der Waals surface area (Å²) < 4.78 is 0. The van der Waals surface area contributed by atoms with Crippen LogP contribution in [0.4, 0.5) is 0 Å². The maximum atomic E-state index is 12.4. The first kappa shape index (κ1) is 16.3. The Hall–Kier alpha value is -1.07. The van der Waals surface area contributed by atoms with Gasteiger partial charge in [-0.15, -0.1) is 12.4 Å². The summed E-state index contributed by atoms with van der Waals surface area (Å²) >= 11 is 0. The van der Waals surface area contributed by atoms with E-state index in [2.05, 4.69) is 27.8 Å². The first-order valence-corrected chi connectivity index (χ1v) is 7.85. The van der Waals surface area contributed by atoms with Crippen molar-refractivity contribution in [3.05, 3.63) is 17.0 Å². The fourth-order valence-electron chi connectivity index (χ4n) is 3.46. The molecule has 1 fully saturated rings. The van der Waals surface area contributed by atoms with Crippen LogP contribution >= 0.6 is 12.4 Å². The molecule has 1 aliphatic carbocycles. The number of aromatic nitrogens is 2. The van der Waals surface area contributed by atoms with Gasteiger partial charge in [0.1, 0.15) is 0 Å². The third-order valence-electron chi connectivity index (χ3n) is 4.72. The Labute approximate surface area is 132 Å². The number of carbonyl (C=O) groups is 1. The summed E-state index contributed by atoms with van der Waals surface area (Å²) in [5, 5.41) is 13.7. The number of nitrogens with one attached hydrogen (secondary N) is 3. The number of nitrogens with zero attached hydrogens (tertiary/aromatic N) is 1. The molecule has 1 aliphatic heterocycles. The number of carbonyl (C=O) groups excluding carboxylic acids is 1. The highest BCUT2D eigenvalue weighted by atomic mass is 35.5. The molecule has 0 saturated heterocycles. The molecule has 1 saturated carbocycles. The molecule has 2 heterocycles. The number of hydrogen-bond donors (Lipinski definition) is 3. The van der Waals surface area contributed by atoms with E-state index in [9.17, 15) is 4.79 Å². The van der Waals surface area contributed by atoms with Crippen LogP contribution in [0.3, 0.4) is 0 Å². The molecule has 1 aromatic rings. The molecular formula is C15H25ClN4O. The zero-order valence-electron chi connectivity index (χ0n) is 12.6. The second kappa shape index (κ2) is 7.27. The van der Waals surface area contributed by atoms with Gasteiger partial charge < -0.3 is 10.6 Å². The largest absolute Gasteiger partial charge is 0.348 e. The lowest BCUT2D eigenvalue weighted by molar-refractivity contribution is 0.0913. The van der Waals surface area contributed by atoms with Gasteiger partial charge in [-0.1, -0.05) is 26.2 Å². The van der Waals surface area contributed by atoms with Crippen LogP contribution < -0.4 is 10.6 Å². The summed E-state index contributed by atoms with van der Waals surface area (Å²) in [5.41, 5.74) is 2.76. The van der Waals surface area contributed by atoms with Crippen LogP contribution in [-0.2, 0) is 13.0 Å². The van der Waals surface area contributed by atoms with Gasteiger partial charge in [0.2, 0.25) is 0 Å². The number of amides is 1. The van der Waals surface area contributed by atoms with E-state index in [4.69, 9.17) is 0 Å². The van der Waals surface area contributed by atoms with E-state index in [1.54, 1.807) is 0 Å². The Bertz CT molecular complexity index is 488. The van der Waals surface area contributed by atoms with Crippen molar-refractivity contribution in [2.24, 2.45) is 5.92 Å². The predicted molar refractivity (Wildman–Crippen MR) is 84.7 cm³/mol. The Morgan fingerprint density at radius 3 is 3.10 bits per heavy atom. The summed E-state index contributed by atoms with van der Waals surface area (Å²) in [7, 11) is 0. The summed E-state index contributed by atoms with van der Waals surface area (Å²) in [4.78, 5) is 12.4. The van der Waals surface area contributed by atoms with Crippen molar-refractivity contribution >= 4 is 18.3 Å². The fraction of sp³-hybridized carbons (Fsp3) is 0.733. The third kappa shape index (κ3) is 3.58. The molecule has 5 nitrogen and oxygen atoms in total. The Kier molecular flexibility index (Phi) is 5.65. The number of H-pyrrole nitrogens is 1. The lowest BCUT2D eigenvalue weighted by atomic mass is 9.84. The molecule has 0 aromatic carbocycles. The van der Waals surface area contributed by atoms with Crippen molar-refractivity contribution in [1.29, 1.82) is 0 Å². The number of rotatable bonds is 3. The number of aromatic amines is 1. The molecule has 3 N–H and O–H groups in total. The maximum Gasteiger partial charge on any atom is 0.272 e. The molecule has 1 amide bonds. The van der Waals surface area contributed by atoms with Gasteiger partial charge in [0.05, 0.1) is 0 Å². The highest BCUT2D eigenvalue weighted by Crippen LogP contribution is 2.27. The number of fused-ring (bicyclic) bond motifs is 1. The molecule has 1 aromatic heterocycles. The van der Waals surface area contributed by atoms with E-state index in [1.807, 2.05) is 0 Å². The minimum atomic E-state index is -0.00652. The van der Waals surface area contributed by atoms with Gasteiger partial charge in [-0.3, -0.25) is 9.89 Å². The highest BCUT2D eigenvalue weighted by molar-refractivity contribution is 5.94. The monoisotopic (exact) mass is 312 g/mol. The molecule has 2 aliphatic rings. The number of halogens is 1. The zero-order chi connectivity index (χ0) is 13.9. The van der Waals surface area contributed by atoms with E-state index in [0.717, 1.165) is 49.5 Å². The lowest BCUT2D eigenvalue weighted by Crippen LogP contribution is -2.39. The van der Waals surface area contributed by atoms with E-state index < -0.39 is 0 Å². The molecule has 0 bridgehead atoms. The molecular weight excluding hydrogens is 288 g/mol. The van der Waals surface area contributed by atoms with Crippen molar-refractivity contribution in [1.82, 2.24) is 20.8 Å². The Balaban J connectivity index is 0.00000161. The van der Waals surface area contributed by atoms with E-state index in [0.29, 0.717) is 11.7 Å². The van der Waals surface area contributed by atoms with Gasteiger partial charge in [0.25, 0.3) is 5.91 Å². The van der Waals surface area contributed by atoms with Crippen molar-refractivity contribution in [2.75, 3.05) is 6.54 Å². The average Bonchev–Trinajstić information content (AvgIpc) is 2.91. The van der Waals surface area contributed by atoms with Crippen LogP contribution in [0.5, 0.6) is 0 Å². The van der Waals surface area contributed by atoms with Crippen LogP contribution in [0.1, 0.15) is 60.8 Å². The van der Waals surface area contributed by atoms with Crippen molar-refractivity contribution in [3.8, 4) is 0 Å². The minimum Gasteiger partial charge on any atom is -0.348 e. The molecule has 21 heavy (non-hydrogen) atoms. The zero-order valence-corrected chi connectivity index (χ0v) is 13.4. The molecule has 118 valence electrons. The van der Waals surface area contributed by atoms with Gasteiger partial charge >= 0.3 is 0 Å². The van der Waals surface area contributed by atoms with Gasteiger partial charge in [-0.25, -0.2) is 0 Å². The molecule has 2 unspecified atom stereocenters. The first-order valence-electron chi connectivity index (χ1n) is 7.85. The lowest BCUT2D eigenvalue weighted by Gasteiger charge is -2.29. The van der Waals surface area contributed by atoms with E-state index in [1.165, 1.54) is 19.3 Å². The summed E-state index contributed by atoms with van der Waals surface area (Å²) in [5.74, 6) is 0.761. The average molecular weight is 313 g/mol. The van der Waals surface area contributed by atoms with Crippen molar-refractivity contribution in [3.63, 3.8) is 0 Å². The van der Waals surface area contributed by atoms with Gasteiger partial charge in [0.15, 0.2) is 5.69 Å². The van der Waals surface area contributed by atoms with Gasteiger partial charge in [-0.05, 0) is 18.8 Å². The first-order chi connectivity index (χ1) is 9.78. The van der Waals surface area contributed by atoms with Crippen molar-refractivity contribution in [2.45, 2.75) is 58.0 Å². The van der Waals surface area contributed by atoms with Crippen LogP contribution in [0.25, 0.3) is 0 Å². The quantitative estimate of drug-likeness (QED) is 0.801. The Morgan fingerprint density at radius 1 is 1.43 bits per heavy atom. The molecule has 6 heteroatoms. The second-order valence-corrected chi connectivity index (χ2v) is 6.07. The standard InChI is InChI=1S/C15H24N4O.ClH/c1-2-10-4-3-5-11(8-10)17-15(20)14-12-9-16-7-6-13(12)18-19-14;/h10-11,16H,2-9H2,1H3,(H,17,20)(H,18,19);1H. The number of hydrogen-bond acceptors (Lipinski definition) is 3. The van der Waals surface area contributed by atoms with Crippen molar-refractivity contribution < 1.29 is 4.79 Å². The maximum absolute atomic E-state index is 12.4. The van der Waals surface area contributed by atoms with E-state index in [-0.39, 0.29) is 18.3 Å². The molecule has 0 radical (unpaired) electrons. The van der Waals surface area contributed by atoms with E-state index >= 15 is 0 Å². The molecule has 0 spiro atoms. The van der Waals surface area contributed by atoms with Crippen LogP contribution in [0.2, 0.25) is 0 Å². The smallest absolute Gasteiger partial charge is 0.272 e. The normalized spacial score (nSPS) is 24.8. The third-order valence-corrected chi connectivity index (χ3v) is 4.72. The predicted octanol–water partition coefficient (Wildman–Crippen LogP) is 2.18. The Morgan fingerprint density at radius 2 is 2.29 bits per heavy atom. The summed E-state index contributed by atoms with van der Waals surface area (Å²) in [6, 6.07) is 0.324. The molecule has 2 atom stereocenters. The summed E-state index contributed by atoms with van der Waals surface area (Å²) in [6.45, 7) is 3.94. The minimum absolute atomic E-state index is 0. The van der Waals surface area contributed by atoms with Crippen LogP contribution in [-0.4, -0.2) is 28.7 Å². The van der Waals surface area contributed by atoms with Gasteiger partial charge in [0, 0.05) is 36.8 Å². The second-order valence-electron chi connectivity index (χ2n) is 6.07. The molecule has 3 rings (SSSR count). The van der Waals surface area contributed by atoms with Crippen LogP contribution in [0, 0.1) is 5.92 Å². The topological polar surface area (TPSA) is 69.8 Å². The summed E-state index contributed by atoms with van der Waals surface area (Å²) in [6.07, 6.45) is 6.90. The highest BCUT2D eigenvalue weighted by Gasteiger charge is 2.26. The fourth-order valence-corrected chi connectivity index (χ4v) is 3.46.